The molecule has 1 N–H and O–H groups in total. The van der Waals surface area contributed by atoms with E-state index in [4.69, 9.17) is 4.74 Å². The second kappa shape index (κ2) is 7.08. The lowest BCUT2D eigenvalue weighted by atomic mass is 9.98. The van der Waals surface area contributed by atoms with Crippen LogP contribution in [-0.4, -0.2) is 30.0 Å². The third-order valence-corrected chi connectivity index (χ3v) is 5.28. The minimum Gasteiger partial charge on any atom is -0.488 e. The molecule has 4 nitrogen and oxygen atoms in total. The Hall–Kier alpha value is -2.40. The Morgan fingerprint density at radius 2 is 2.12 bits per heavy atom. The summed E-state index contributed by atoms with van der Waals surface area (Å²) in [6.45, 7) is 3.41. The summed E-state index contributed by atoms with van der Waals surface area (Å²) >= 11 is 0. The number of carbonyl (C=O) groups is 1. The summed E-state index contributed by atoms with van der Waals surface area (Å²) < 4.78 is 19.7. The van der Waals surface area contributed by atoms with E-state index in [2.05, 4.69) is 11.4 Å². The number of rotatable bonds is 3. The molecule has 2 atom stereocenters. The van der Waals surface area contributed by atoms with E-state index >= 15 is 0 Å². The lowest BCUT2D eigenvalue weighted by molar-refractivity contribution is -0.129. The van der Waals surface area contributed by atoms with Crippen LogP contribution in [0.1, 0.15) is 36.1 Å². The Morgan fingerprint density at radius 1 is 1.27 bits per heavy atom. The molecular formula is C21H23FN2O2. The van der Waals surface area contributed by atoms with Crippen molar-refractivity contribution in [3.8, 4) is 5.75 Å². The van der Waals surface area contributed by atoms with Gasteiger partial charge in [-0.25, -0.2) is 4.39 Å². The zero-order valence-corrected chi connectivity index (χ0v) is 14.9. The van der Waals surface area contributed by atoms with Crippen molar-refractivity contribution in [1.82, 2.24) is 10.2 Å². The highest BCUT2D eigenvalue weighted by molar-refractivity contribution is 5.73. The third-order valence-electron chi connectivity index (χ3n) is 5.28. The number of fused-ring (bicyclic) bond motifs is 2. The van der Waals surface area contributed by atoms with Gasteiger partial charge in [0, 0.05) is 39.0 Å². The molecule has 2 aliphatic heterocycles. The molecule has 2 heterocycles. The zero-order chi connectivity index (χ0) is 18.1. The number of benzene rings is 2. The van der Waals surface area contributed by atoms with E-state index in [1.807, 2.05) is 24.3 Å². The molecule has 26 heavy (non-hydrogen) atoms. The normalized spacial score (nSPS) is 21.5. The van der Waals surface area contributed by atoms with E-state index in [0.29, 0.717) is 13.1 Å². The highest BCUT2D eigenvalue weighted by Gasteiger charge is 2.27. The number of carbonyl (C=O) groups excluding carboxylic acids is 1. The van der Waals surface area contributed by atoms with Crippen molar-refractivity contribution in [3.05, 3.63) is 65.0 Å². The molecule has 0 spiro atoms. The molecule has 4 rings (SSSR count). The van der Waals surface area contributed by atoms with Crippen molar-refractivity contribution in [2.24, 2.45) is 0 Å². The minimum absolute atomic E-state index is 0.0236. The number of para-hydroxylation sites is 1. The summed E-state index contributed by atoms with van der Waals surface area (Å²) in [6.07, 6.45) is 1.80. The summed E-state index contributed by atoms with van der Waals surface area (Å²) in [5.41, 5.74) is 3.20. The summed E-state index contributed by atoms with van der Waals surface area (Å²) in [5, 5.41) is 3.59. The molecule has 0 aromatic heterocycles. The van der Waals surface area contributed by atoms with Gasteiger partial charge in [0.25, 0.3) is 0 Å². The Labute approximate surface area is 153 Å². The maximum atomic E-state index is 13.7. The topological polar surface area (TPSA) is 41.6 Å². The molecule has 0 radical (unpaired) electrons. The Balaban J connectivity index is 1.48. The quantitative estimate of drug-likeness (QED) is 0.920. The Kier molecular flexibility index (Phi) is 4.64. The van der Waals surface area contributed by atoms with E-state index in [1.165, 1.54) is 11.6 Å². The van der Waals surface area contributed by atoms with E-state index in [1.54, 1.807) is 17.9 Å². The highest BCUT2D eigenvalue weighted by Crippen LogP contribution is 2.30. The Bertz CT molecular complexity index is 798. The van der Waals surface area contributed by atoms with Crippen molar-refractivity contribution in [3.63, 3.8) is 0 Å². The van der Waals surface area contributed by atoms with Gasteiger partial charge < -0.3 is 15.0 Å². The monoisotopic (exact) mass is 354 g/mol. The fraction of sp³-hybridized carbons (Fsp3) is 0.381. The predicted molar refractivity (Wildman–Crippen MR) is 97.4 cm³/mol. The van der Waals surface area contributed by atoms with Crippen molar-refractivity contribution >= 4 is 5.91 Å². The van der Waals surface area contributed by atoms with Crippen LogP contribution < -0.4 is 10.1 Å². The van der Waals surface area contributed by atoms with Gasteiger partial charge >= 0.3 is 0 Å². The maximum absolute atomic E-state index is 13.7. The molecule has 2 aromatic carbocycles. The maximum Gasteiger partial charge on any atom is 0.219 e. The van der Waals surface area contributed by atoms with Gasteiger partial charge in [0.1, 0.15) is 17.7 Å². The van der Waals surface area contributed by atoms with Crippen LogP contribution in [0.2, 0.25) is 0 Å². The fourth-order valence-corrected chi connectivity index (χ4v) is 3.90. The van der Waals surface area contributed by atoms with Crippen LogP contribution in [-0.2, 0) is 17.8 Å². The van der Waals surface area contributed by atoms with Gasteiger partial charge in [-0.15, -0.1) is 0 Å². The molecule has 0 aliphatic carbocycles. The third kappa shape index (κ3) is 3.44. The number of halogens is 1. The van der Waals surface area contributed by atoms with Crippen LogP contribution in [0.5, 0.6) is 5.75 Å². The van der Waals surface area contributed by atoms with Crippen LogP contribution in [0.4, 0.5) is 4.39 Å². The second-order valence-corrected chi connectivity index (χ2v) is 7.08. The van der Waals surface area contributed by atoms with Gasteiger partial charge in [-0.1, -0.05) is 24.3 Å². The van der Waals surface area contributed by atoms with Gasteiger partial charge in [-0.3, -0.25) is 4.79 Å². The van der Waals surface area contributed by atoms with Crippen molar-refractivity contribution < 1.29 is 13.9 Å². The molecule has 1 amide bonds. The minimum atomic E-state index is -0.262. The van der Waals surface area contributed by atoms with Gasteiger partial charge in [-0.05, 0) is 41.3 Å². The molecule has 5 heteroatoms. The van der Waals surface area contributed by atoms with Gasteiger partial charge in [0.05, 0.1) is 0 Å². The van der Waals surface area contributed by atoms with E-state index < -0.39 is 0 Å². The molecule has 0 bridgehead atoms. The SMILES string of the molecule is CC(=O)N1CC[C@@H](NC[C@H]2Cc3ccccc3O2)c2ccc(F)cc2C1. The van der Waals surface area contributed by atoms with Crippen molar-refractivity contribution in [2.75, 3.05) is 13.1 Å². The van der Waals surface area contributed by atoms with Crippen molar-refractivity contribution in [2.45, 2.75) is 38.5 Å². The second-order valence-electron chi connectivity index (χ2n) is 7.08. The molecule has 136 valence electrons. The van der Waals surface area contributed by atoms with Crippen LogP contribution in [0.25, 0.3) is 0 Å². The van der Waals surface area contributed by atoms with Crippen LogP contribution >= 0.6 is 0 Å². The molecule has 0 saturated carbocycles. The highest BCUT2D eigenvalue weighted by atomic mass is 19.1. The number of ether oxygens (including phenoxy) is 1. The van der Waals surface area contributed by atoms with Crippen LogP contribution in [0.15, 0.2) is 42.5 Å². The lowest BCUT2D eigenvalue weighted by Gasteiger charge is -2.21. The number of nitrogens with one attached hydrogen (secondary N) is 1. The average molecular weight is 354 g/mol. The average Bonchev–Trinajstić information content (AvgIpc) is 2.95. The van der Waals surface area contributed by atoms with Gasteiger partial charge in [-0.2, -0.15) is 0 Å². The number of amides is 1. The van der Waals surface area contributed by atoms with Gasteiger partial charge in [0.15, 0.2) is 0 Å². The zero-order valence-electron chi connectivity index (χ0n) is 14.9. The predicted octanol–water partition coefficient (Wildman–Crippen LogP) is 3.21. The molecule has 0 unspecified atom stereocenters. The van der Waals surface area contributed by atoms with Crippen LogP contribution in [0.3, 0.4) is 0 Å². The molecule has 0 saturated heterocycles. The van der Waals surface area contributed by atoms with Crippen molar-refractivity contribution in [1.29, 1.82) is 0 Å². The van der Waals surface area contributed by atoms with E-state index in [9.17, 15) is 9.18 Å². The lowest BCUT2D eigenvalue weighted by Crippen LogP contribution is -2.34. The van der Waals surface area contributed by atoms with Gasteiger partial charge in [0.2, 0.25) is 5.91 Å². The van der Waals surface area contributed by atoms with Crippen LogP contribution in [0, 0.1) is 5.82 Å². The standard InChI is InChI=1S/C21H23FN2O2/c1-14(25)24-9-8-20(19-7-6-17(22)10-16(19)13-24)23-12-18-11-15-4-2-3-5-21(15)26-18/h2-7,10,18,20,23H,8-9,11-13H2,1H3/t18-,20-/m1/s1. The smallest absolute Gasteiger partial charge is 0.219 e. The summed E-state index contributed by atoms with van der Waals surface area (Å²) in [7, 11) is 0. The molecule has 0 fully saturated rings. The van der Waals surface area contributed by atoms with E-state index in [-0.39, 0.29) is 23.9 Å². The largest absolute Gasteiger partial charge is 0.488 e. The Morgan fingerprint density at radius 3 is 2.92 bits per heavy atom. The van der Waals surface area contributed by atoms with E-state index in [0.717, 1.165) is 36.3 Å². The number of nitrogens with zero attached hydrogens (tertiary/aromatic N) is 1. The first-order valence-electron chi connectivity index (χ1n) is 9.12. The first kappa shape index (κ1) is 17.0. The summed E-state index contributed by atoms with van der Waals surface area (Å²) in [4.78, 5) is 13.6. The first-order chi connectivity index (χ1) is 12.6. The first-order valence-corrected chi connectivity index (χ1v) is 9.12. The molecular weight excluding hydrogens is 331 g/mol. The number of hydrogen-bond acceptors (Lipinski definition) is 3. The summed E-state index contributed by atoms with van der Waals surface area (Å²) in [6, 6.07) is 13.1. The number of hydrogen-bond donors (Lipinski definition) is 1. The fourth-order valence-electron chi connectivity index (χ4n) is 3.90. The summed E-state index contributed by atoms with van der Waals surface area (Å²) in [5.74, 6) is 0.725. The molecule has 2 aliphatic rings. The molecule has 2 aromatic rings.